The first-order valence-corrected chi connectivity index (χ1v) is 7.14. The van der Waals surface area contributed by atoms with Crippen LogP contribution in [0.15, 0.2) is 22.5 Å². The molecule has 5 heteroatoms. The smallest absolute Gasteiger partial charge is 0.0797 e. The topological polar surface area (TPSA) is 85.4 Å². The highest BCUT2D eigenvalue weighted by atomic mass is 16.4. The summed E-state index contributed by atoms with van der Waals surface area (Å²) >= 11 is 0. The number of oxime groups is 2. The number of aliphatic hydroxyl groups is 1. The maximum absolute atomic E-state index is 11.2. The zero-order valence-corrected chi connectivity index (χ0v) is 12.2. The second-order valence-electron chi connectivity index (χ2n) is 6.96. The molecule has 4 fully saturated rings. The van der Waals surface area contributed by atoms with E-state index >= 15 is 0 Å². The van der Waals surface area contributed by atoms with E-state index < -0.39 is 5.60 Å². The van der Waals surface area contributed by atoms with Crippen molar-refractivity contribution < 1.29 is 15.5 Å². The predicted octanol–water partition coefficient (Wildman–Crippen LogP) is 2.27. The average Bonchev–Trinajstić information content (AvgIpc) is 2.39. The zero-order chi connectivity index (χ0) is 14.9. The van der Waals surface area contributed by atoms with Gasteiger partial charge in [0, 0.05) is 23.2 Å². The third-order valence-electron chi connectivity index (χ3n) is 6.32. The quantitative estimate of drug-likeness (QED) is 0.391. The van der Waals surface area contributed by atoms with Crippen LogP contribution in [0.25, 0.3) is 0 Å². The zero-order valence-electron chi connectivity index (χ0n) is 12.2. The highest BCUT2D eigenvalue weighted by Crippen LogP contribution is 2.66. The monoisotopic (exact) mass is 278 g/mol. The molecule has 0 aromatic carbocycles. The Hall–Kier alpha value is -1.36. The SMILES string of the molecule is C=C(C)C12CC3/C(=N/O)C(C(C)C(C1)/C3=N\O)C2(C)O. The minimum absolute atomic E-state index is 0.0887. The molecule has 4 rings (SSSR count). The third-order valence-corrected chi connectivity index (χ3v) is 6.32. The van der Waals surface area contributed by atoms with Gasteiger partial charge in [-0.2, -0.15) is 0 Å². The van der Waals surface area contributed by atoms with Gasteiger partial charge in [-0.3, -0.25) is 0 Å². The van der Waals surface area contributed by atoms with Crippen molar-refractivity contribution in [3.63, 3.8) is 0 Å². The van der Waals surface area contributed by atoms with Gasteiger partial charge >= 0.3 is 0 Å². The first-order chi connectivity index (χ1) is 9.31. The lowest BCUT2D eigenvalue weighted by atomic mass is 9.38. The van der Waals surface area contributed by atoms with Crippen LogP contribution in [0.3, 0.4) is 0 Å². The summed E-state index contributed by atoms with van der Waals surface area (Å²) in [7, 11) is 0. The molecule has 0 aromatic rings. The van der Waals surface area contributed by atoms with Gasteiger partial charge in [-0.05, 0) is 32.6 Å². The van der Waals surface area contributed by atoms with Gasteiger partial charge in [-0.1, -0.05) is 29.4 Å². The van der Waals surface area contributed by atoms with E-state index in [1.165, 1.54) is 0 Å². The van der Waals surface area contributed by atoms with Crippen molar-refractivity contribution in [3.8, 4) is 0 Å². The van der Waals surface area contributed by atoms with E-state index in [9.17, 15) is 15.5 Å². The van der Waals surface area contributed by atoms with E-state index in [-0.39, 0.29) is 29.1 Å². The fraction of sp³-hybridized carbons (Fsp3) is 0.733. The fourth-order valence-electron chi connectivity index (χ4n) is 5.27. The van der Waals surface area contributed by atoms with E-state index in [0.29, 0.717) is 17.8 Å². The Morgan fingerprint density at radius 1 is 1.25 bits per heavy atom. The van der Waals surface area contributed by atoms with E-state index in [0.717, 1.165) is 12.0 Å². The Kier molecular flexibility index (Phi) is 2.62. The van der Waals surface area contributed by atoms with Gasteiger partial charge in [0.05, 0.1) is 17.0 Å². The van der Waals surface area contributed by atoms with Crippen LogP contribution < -0.4 is 0 Å². The Labute approximate surface area is 118 Å². The lowest BCUT2D eigenvalue weighted by Gasteiger charge is -2.66. The lowest BCUT2D eigenvalue weighted by Crippen LogP contribution is -2.72. The normalized spacial score (nSPS) is 53.8. The van der Waals surface area contributed by atoms with Crippen molar-refractivity contribution >= 4 is 11.4 Å². The summed E-state index contributed by atoms with van der Waals surface area (Å²) in [5, 5.41) is 36.9. The molecule has 4 aliphatic rings. The maximum Gasteiger partial charge on any atom is 0.0797 e. The van der Waals surface area contributed by atoms with Gasteiger partial charge in [-0.15, -0.1) is 0 Å². The molecule has 0 aliphatic heterocycles. The molecule has 0 heterocycles. The lowest BCUT2D eigenvalue weighted by molar-refractivity contribution is -0.154. The molecule has 20 heavy (non-hydrogen) atoms. The van der Waals surface area contributed by atoms with Gasteiger partial charge in [0.25, 0.3) is 0 Å². The largest absolute Gasteiger partial charge is 0.411 e. The summed E-state index contributed by atoms with van der Waals surface area (Å²) in [5.41, 5.74) is 0.857. The minimum Gasteiger partial charge on any atom is -0.411 e. The standard InChI is InChI=1S/C15H22N2O3/c1-7(2)15-5-9-8(3)11(14(15,4)18)13(17-20)10(6-15)12(9)16-19/h8-11,18-20H,1,5-6H2,2-4H3/b16-12+,17-13-. The Morgan fingerprint density at radius 3 is 2.35 bits per heavy atom. The van der Waals surface area contributed by atoms with Crippen LogP contribution in [-0.2, 0) is 0 Å². The molecule has 6 unspecified atom stereocenters. The second kappa shape index (κ2) is 3.85. The summed E-state index contributed by atoms with van der Waals surface area (Å²) in [6.07, 6.45) is 1.36. The predicted molar refractivity (Wildman–Crippen MR) is 75.2 cm³/mol. The van der Waals surface area contributed by atoms with Crippen molar-refractivity contribution in [1.29, 1.82) is 0 Å². The van der Waals surface area contributed by atoms with Gasteiger partial charge in [0.15, 0.2) is 0 Å². The minimum atomic E-state index is -0.978. The molecule has 0 radical (unpaired) electrons. The molecular formula is C15H22N2O3. The van der Waals surface area contributed by atoms with Crippen molar-refractivity contribution in [1.82, 2.24) is 0 Å². The molecule has 110 valence electrons. The highest BCUT2D eigenvalue weighted by Gasteiger charge is 2.70. The summed E-state index contributed by atoms with van der Waals surface area (Å²) in [6, 6.07) is 0. The molecule has 4 bridgehead atoms. The summed E-state index contributed by atoms with van der Waals surface area (Å²) in [4.78, 5) is 0. The second-order valence-corrected chi connectivity index (χ2v) is 6.96. The molecule has 4 aliphatic carbocycles. The molecule has 5 nitrogen and oxygen atoms in total. The van der Waals surface area contributed by atoms with Gasteiger partial charge in [0.2, 0.25) is 0 Å². The van der Waals surface area contributed by atoms with Crippen LogP contribution in [0.5, 0.6) is 0 Å². The molecule has 0 saturated heterocycles. The molecular weight excluding hydrogens is 256 g/mol. The first-order valence-electron chi connectivity index (χ1n) is 7.14. The maximum atomic E-state index is 11.2. The molecule has 3 N–H and O–H groups in total. The average molecular weight is 278 g/mol. The first kappa shape index (κ1) is 13.6. The van der Waals surface area contributed by atoms with Crippen molar-refractivity contribution in [3.05, 3.63) is 12.2 Å². The summed E-state index contributed by atoms with van der Waals surface area (Å²) < 4.78 is 0. The van der Waals surface area contributed by atoms with Crippen molar-refractivity contribution in [2.45, 2.75) is 39.2 Å². The van der Waals surface area contributed by atoms with E-state index in [1.807, 2.05) is 20.8 Å². The van der Waals surface area contributed by atoms with Gasteiger partial charge in [0.1, 0.15) is 0 Å². The molecule has 0 aromatic heterocycles. The van der Waals surface area contributed by atoms with Gasteiger partial charge in [-0.25, -0.2) is 0 Å². The van der Waals surface area contributed by atoms with Gasteiger partial charge < -0.3 is 15.5 Å². The molecule has 4 saturated carbocycles. The highest BCUT2D eigenvalue weighted by molar-refractivity contribution is 6.13. The number of hydrogen-bond acceptors (Lipinski definition) is 5. The Morgan fingerprint density at radius 2 is 1.85 bits per heavy atom. The van der Waals surface area contributed by atoms with E-state index in [1.54, 1.807) is 0 Å². The van der Waals surface area contributed by atoms with Crippen LogP contribution in [0.4, 0.5) is 0 Å². The van der Waals surface area contributed by atoms with Crippen molar-refractivity contribution in [2.24, 2.45) is 39.4 Å². The number of rotatable bonds is 1. The third kappa shape index (κ3) is 1.23. The number of hydrogen-bond donors (Lipinski definition) is 3. The van der Waals surface area contributed by atoms with Crippen LogP contribution in [0.2, 0.25) is 0 Å². The van der Waals surface area contributed by atoms with E-state index in [4.69, 9.17) is 0 Å². The van der Waals surface area contributed by atoms with Crippen LogP contribution >= 0.6 is 0 Å². The van der Waals surface area contributed by atoms with Crippen LogP contribution in [-0.4, -0.2) is 32.5 Å². The Bertz CT molecular complexity index is 537. The van der Waals surface area contributed by atoms with Crippen LogP contribution in [0.1, 0.15) is 33.6 Å². The molecule has 0 amide bonds. The summed E-state index contributed by atoms with van der Waals surface area (Å²) in [6.45, 7) is 9.93. The Balaban J connectivity index is 2.24. The summed E-state index contributed by atoms with van der Waals surface area (Å²) in [5.74, 6) is -0.189. The fourth-order valence-corrected chi connectivity index (χ4v) is 5.27. The molecule has 0 spiro atoms. The molecule has 6 atom stereocenters. The number of nitrogens with zero attached hydrogens (tertiary/aromatic N) is 2. The van der Waals surface area contributed by atoms with Crippen molar-refractivity contribution in [2.75, 3.05) is 0 Å². The van der Waals surface area contributed by atoms with E-state index in [2.05, 4.69) is 16.9 Å². The van der Waals surface area contributed by atoms with Crippen LogP contribution in [0, 0.1) is 29.1 Å².